The Morgan fingerprint density at radius 2 is 1.75 bits per heavy atom. The van der Waals surface area contributed by atoms with Gasteiger partial charge in [-0.05, 0) is 58.9 Å². The Morgan fingerprint density at radius 1 is 1.17 bits per heavy atom. The van der Waals surface area contributed by atoms with Gasteiger partial charge in [0.15, 0.2) is 5.79 Å². The van der Waals surface area contributed by atoms with E-state index in [1.807, 2.05) is 20.8 Å². The molecule has 0 amide bonds. The number of benzene rings is 1. The summed E-state index contributed by atoms with van der Waals surface area (Å²) in [5, 5.41) is 9.34. The smallest absolute Gasteiger partial charge is 0.338 e. The number of ether oxygens (including phenoxy) is 4. The molecule has 2 atom stereocenters. The molecule has 1 saturated heterocycles. The Bertz CT molecular complexity index is 558. The molecule has 0 spiro atoms. The molecule has 0 aliphatic carbocycles. The summed E-state index contributed by atoms with van der Waals surface area (Å²) < 4.78 is 22.3. The van der Waals surface area contributed by atoms with Crippen molar-refractivity contribution in [2.45, 2.75) is 58.2 Å². The lowest BCUT2D eigenvalue weighted by molar-refractivity contribution is -0.150. The summed E-state index contributed by atoms with van der Waals surface area (Å²) in [5.41, 5.74) is -0.0647. The summed E-state index contributed by atoms with van der Waals surface area (Å²) in [6.45, 7) is 9.19. The molecule has 1 fully saturated rings. The number of rotatable bonds is 5. The molecule has 24 heavy (non-hydrogen) atoms. The first-order valence-electron chi connectivity index (χ1n) is 8.02. The number of carbonyl (C=O) groups is 1. The Hall–Kier alpha value is -1.63. The van der Waals surface area contributed by atoms with Gasteiger partial charge in [-0.15, -0.1) is 0 Å². The molecule has 6 heteroatoms. The third kappa shape index (κ3) is 5.19. The van der Waals surface area contributed by atoms with Gasteiger partial charge in [-0.1, -0.05) is 0 Å². The van der Waals surface area contributed by atoms with Gasteiger partial charge in [-0.25, -0.2) is 4.79 Å². The minimum Gasteiger partial charge on any atom is -0.491 e. The monoisotopic (exact) mass is 338 g/mol. The maximum absolute atomic E-state index is 12.0. The molecular formula is C18H26O6. The molecule has 0 unspecified atom stereocenters. The standard InChI is InChI=1S/C18H26O6/c1-17(2,3)24-16(20)12-6-8-13(9-7-12)21-11-15-14(10-19)22-18(4,5)23-15/h6-9,14-15,19H,10-11H2,1-5H3/t14-,15-/m1/s1. The van der Waals surface area contributed by atoms with Crippen LogP contribution in [-0.2, 0) is 14.2 Å². The Labute approximate surface area is 142 Å². The van der Waals surface area contributed by atoms with Crippen LogP contribution in [0.25, 0.3) is 0 Å². The number of carbonyl (C=O) groups excluding carboxylic acids is 1. The van der Waals surface area contributed by atoms with E-state index in [1.165, 1.54) is 0 Å². The summed E-state index contributed by atoms with van der Waals surface area (Å²) >= 11 is 0. The Kier molecular flexibility index (Phi) is 5.52. The highest BCUT2D eigenvalue weighted by atomic mass is 16.8. The van der Waals surface area contributed by atoms with E-state index in [4.69, 9.17) is 18.9 Å². The van der Waals surface area contributed by atoms with Crippen molar-refractivity contribution in [3.63, 3.8) is 0 Å². The molecule has 0 bridgehead atoms. The van der Waals surface area contributed by atoms with Crippen molar-refractivity contribution >= 4 is 5.97 Å². The predicted molar refractivity (Wildman–Crippen MR) is 88.0 cm³/mol. The SMILES string of the molecule is CC(C)(C)OC(=O)c1ccc(OC[C@H]2OC(C)(C)O[C@@H]2CO)cc1. The van der Waals surface area contributed by atoms with Crippen LogP contribution in [0, 0.1) is 0 Å². The number of aliphatic hydroxyl groups excluding tert-OH is 1. The zero-order valence-corrected chi connectivity index (χ0v) is 14.9. The molecule has 1 aromatic rings. The van der Waals surface area contributed by atoms with Gasteiger partial charge in [0.05, 0.1) is 12.2 Å². The van der Waals surface area contributed by atoms with Crippen LogP contribution in [0.1, 0.15) is 45.0 Å². The van der Waals surface area contributed by atoms with Crippen LogP contribution in [-0.4, -0.2) is 47.9 Å². The number of aliphatic hydroxyl groups is 1. The molecule has 0 saturated carbocycles. The van der Waals surface area contributed by atoms with E-state index >= 15 is 0 Å². The van der Waals surface area contributed by atoms with Crippen molar-refractivity contribution < 1.29 is 28.8 Å². The molecular weight excluding hydrogens is 312 g/mol. The highest BCUT2D eigenvalue weighted by molar-refractivity contribution is 5.89. The van der Waals surface area contributed by atoms with Crippen LogP contribution < -0.4 is 4.74 Å². The molecule has 6 nitrogen and oxygen atoms in total. The lowest BCUT2D eigenvalue weighted by Crippen LogP contribution is -2.31. The lowest BCUT2D eigenvalue weighted by Gasteiger charge is -2.19. The maximum Gasteiger partial charge on any atom is 0.338 e. The fourth-order valence-electron chi connectivity index (χ4n) is 2.41. The second-order valence-electron chi connectivity index (χ2n) is 7.23. The minimum absolute atomic E-state index is 0.130. The first-order chi connectivity index (χ1) is 11.1. The van der Waals surface area contributed by atoms with Gasteiger partial charge in [0, 0.05) is 0 Å². The largest absolute Gasteiger partial charge is 0.491 e. The molecule has 1 aromatic carbocycles. The third-order valence-corrected chi connectivity index (χ3v) is 3.37. The van der Waals surface area contributed by atoms with E-state index in [0.717, 1.165) is 0 Å². The minimum atomic E-state index is -0.734. The molecule has 0 aromatic heterocycles. The van der Waals surface area contributed by atoms with Crippen LogP contribution in [0.3, 0.4) is 0 Å². The Morgan fingerprint density at radius 3 is 2.29 bits per heavy atom. The number of hydrogen-bond donors (Lipinski definition) is 1. The van der Waals surface area contributed by atoms with Crippen LogP contribution >= 0.6 is 0 Å². The van der Waals surface area contributed by atoms with Gasteiger partial charge >= 0.3 is 5.97 Å². The van der Waals surface area contributed by atoms with E-state index in [-0.39, 0.29) is 25.3 Å². The molecule has 1 N–H and O–H groups in total. The van der Waals surface area contributed by atoms with Crippen LogP contribution in [0.5, 0.6) is 5.75 Å². The fourth-order valence-corrected chi connectivity index (χ4v) is 2.41. The van der Waals surface area contributed by atoms with Crippen molar-refractivity contribution in [3.05, 3.63) is 29.8 Å². The van der Waals surface area contributed by atoms with Crippen molar-refractivity contribution in [2.24, 2.45) is 0 Å². The van der Waals surface area contributed by atoms with Crippen molar-refractivity contribution in [2.75, 3.05) is 13.2 Å². The molecule has 1 heterocycles. The molecule has 1 aliphatic rings. The first-order valence-corrected chi connectivity index (χ1v) is 8.02. The molecule has 134 valence electrons. The maximum atomic E-state index is 12.0. The van der Waals surface area contributed by atoms with Gasteiger partial charge < -0.3 is 24.1 Å². The normalized spacial score (nSPS) is 23.1. The zero-order chi connectivity index (χ0) is 18.0. The third-order valence-electron chi connectivity index (χ3n) is 3.37. The Balaban J connectivity index is 1.91. The van der Waals surface area contributed by atoms with Gasteiger partial charge in [0.1, 0.15) is 30.2 Å². The predicted octanol–water partition coefficient (Wildman–Crippen LogP) is 2.53. The fraction of sp³-hybridized carbons (Fsp3) is 0.611. The van der Waals surface area contributed by atoms with Crippen LogP contribution in [0.2, 0.25) is 0 Å². The highest BCUT2D eigenvalue weighted by Crippen LogP contribution is 2.28. The number of esters is 1. The zero-order valence-electron chi connectivity index (χ0n) is 14.9. The second kappa shape index (κ2) is 7.09. The van der Waals surface area contributed by atoms with Gasteiger partial charge in [0.25, 0.3) is 0 Å². The summed E-state index contributed by atoms with van der Waals surface area (Å²) in [7, 11) is 0. The van der Waals surface area contributed by atoms with Crippen LogP contribution in [0.4, 0.5) is 0 Å². The summed E-state index contributed by atoms with van der Waals surface area (Å²) in [6.07, 6.45) is -0.767. The van der Waals surface area contributed by atoms with Crippen molar-refractivity contribution in [1.29, 1.82) is 0 Å². The van der Waals surface area contributed by atoms with E-state index in [2.05, 4.69) is 0 Å². The van der Waals surface area contributed by atoms with E-state index < -0.39 is 17.5 Å². The van der Waals surface area contributed by atoms with Gasteiger partial charge in [0.2, 0.25) is 0 Å². The van der Waals surface area contributed by atoms with Crippen molar-refractivity contribution in [3.8, 4) is 5.75 Å². The highest BCUT2D eigenvalue weighted by Gasteiger charge is 2.41. The average Bonchev–Trinajstić information content (AvgIpc) is 2.78. The second-order valence-corrected chi connectivity index (χ2v) is 7.23. The van der Waals surface area contributed by atoms with E-state index in [0.29, 0.717) is 11.3 Å². The lowest BCUT2D eigenvalue weighted by atomic mass is 10.1. The van der Waals surface area contributed by atoms with E-state index in [1.54, 1.807) is 38.1 Å². The first kappa shape index (κ1) is 18.7. The quantitative estimate of drug-likeness (QED) is 0.832. The van der Waals surface area contributed by atoms with Gasteiger partial charge in [-0.3, -0.25) is 0 Å². The molecule has 1 aliphatic heterocycles. The van der Waals surface area contributed by atoms with Crippen molar-refractivity contribution in [1.82, 2.24) is 0 Å². The van der Waals surface area contributed by atoms with E-state index in [9.17, 15) is 9.90 Å². The summed E-state index contributed by atoms with van der Waals surface area (Å²) in [5.74, 6) is -0.502. The molecule has 0 radical (unpaired) electrons. The van der Waals surface area contributed by atoms with Crippen LogP contribution in [0.15, 0.2) is 24.3 Å². The average molecular weight is 338 g/mol. The topological polar surface area (TPSA) is 74.2 Å². The summed E-state index contributed by atoms with van der Waals surface area (Å²) in [4.78, 5) is 12.0. The number of hydrogen-bond acceptors (Lipinski definition) is 6. The molecule has 2 rings (SSSR count). The van der Waals surface area contributed by atoms with Gasteiger partial charge in [-0.2, -0.15) is 0 Å². The summed E-state index contributed by atoms with van der Waals surface area (Å²) in [6, 6.07) is 6.72.